The van der Waals surface area contributed by atoms with E-state index in [1.54, 1.807) is 6.92 Å². The second kappa shape index (κ2) is 6.36. The second-order valence-electron chi connectivity index (χ2n) is 4.99. The first-order chi connectivity index (χ1) is 9.78. The molecule has 3 nitrogen and oxygen atoms in total. The summed E-state index contributed by atoms with van der Waals surface area (Å²) < 4.78 is 58.0. The minimum Gasteiger partial charge on any atom is -0.406 e. The molecule has 0 saturated carbocycles. The number of alkyl halides is 3. The van der Waals surface area contributed by atoms with E-state index in [9.17, 15) is 17.4 Å². The molecule has 1 aromatic rings. The number of hydrogen-bond donors (Lipinski definition) is 0. The Balaban J connectivity index is 2.05. The molecule has 0 bridgehead atoms. The Morgan fingerprint density at radius 2 is 1.95 bits per heavy atom. The number of halogens is 3. The lowest BCUT2D eigenvalue weighted by Crippen LogP contribution is -2.26. The van der Waals surface area contributed by atoms with Crippen LogP contribution in [0, 0.1) is 0 Å². The number of rotatable bonds is 4. The summed E-state index contributed by atoms with van der Waals surface area (Å²) in [7, 11) is -1.13. The van der Waals surface area contributed by atoms with Crippen LogP contribution >= 0.6 is 0 Å². The molecule has 1 saturated heterocycles. The van der Waals surface area contributed by atoms with E-state index in [0.717, 1.165) is 12.0 Å². The van der Waals surface area contributed by atoms with Gasteiger partial charge < -0.3 is 9.47 Å². The maximum atomic E-state index is 12.5. The van der Waals surface area contributed by atoms with Gasteiger partial charge in [-0.1, -0.05) is 12.1 Å². The minimum absolute atomic E-state index is 0.0360. The zero-order valence-electron chi connectivity index (χ0n) is 11.7. The highest BCUT2D eigenvalue weighted by Crippen LogP contribution is 2.30. The fourth-order valence-electron chi connectivity index (χ4n) is 2.35. The maximum absolute atomic E-state index is 12.5. The molecule has 1 aromatic carbocycles. The van der Waals surface area contributed by atoms with Gasteiger partial charge in [-0.2, -0.15) is 0 Å². The highest BCUT2D eigenvalue weighted by atomic mass is 32.2. The monoisotopic (exact) mass is 322 g/mol. The Labute approximate surface area is 123 Å². The summed E-state index contributed by atoms with van der Waals surface area (Å²) in [6, 6.07) is 5.52. The smallest absolute Gasteiger partial charge is 0.406 e. The Kier molecular flexibility index (Phi) is 4.93. The fourth-order valence-corrected chi connectivity index (χ4v) is 4.09. The highest BCUT2D eigenvalue weighted by molar-refractivity contribution is 7.86. The third-order valence-electron chi connectivity index (χ3n) is 3.54. The lowest BCUT2D eigenvalue weighted by atomic mass is 10.1. The van der Waals surface area contributed by atoms with Gasteiger partial charge in [-0.25, -0.2) is 0 Å². The van der Waals surface area contributed by atoms with Gasteiger partial charge in [-0.05, 0) is 38.0 Å². The van der Waals surface area contributed by atoms with Crippen molar-refractivity contribution in [2.45, 2.75) is 43.2 Å². The van der Waals surface area contributed by atoms with Crippen LogP contribution in [0.5, 0.6) is 5.75 Å². The van der Waals surface area contributed by atoms with Crippen molar-refractivity contribution in [3.05, 3.63) is 29.8 Å². The van der Waals surface area contributed by atoms with Gasteiger partial charge in [0.05, 0.1) is 16.6 Å². The number of hydrogen-bond acceptors (Lipinski definition) is 3. The van der Waals surface area contributed by atoms with E-state index in [2.05, 4.69) is 4.74 Å². The van der Waals surface area contributed by atoms with Crippen LogP contribution in [-0.4, -0.2) is 28.5 Å². The van der Waals surface area contributed by atoms with Gasteiger partial charge in [-0.15, -0.1) is 13.2 Å². The quantitative estimate of drug-likeness (QED) is 0.850. The van der Waals surface area contributed by atoms with Crippen molar-refractivity contribution < 1.29 is 26.9 Å². The molecule has 1 aliphatic heterocycles. The van der Waals surface area contributed by atoms with Crippen LogP contribution in [0.25, 0.3) is 0 Å². The lowest BCUT2D eigenvalue weighted by Gasteiger charge is -2.19. The lowest BCUT2D eigenvalue weighted by molar-refractivity contribution is -0.274. The third-order valence-corrected chi connectivity index (χ3v) is 5.72. The first-order valence-corrected chi connectivity index (χ1v) is 7.92. The molecule has 0 radical (unpaired) electrons. The minimum atomic E-state index is -4.70. The van der Waals surface area contributed by atoms with Crippen LogP contribution in [0.2, 0.25) is 0 Å². The van der Waals surface area contributed by atoms with Crippen molar-refractivity contribution in [3.63, 3.8) is 0 Å². The predicted molar refractivity (Wildman–Crippen MR) is 73.5 cm³/mol. The molecule has 2 rings (SSSR count). The van der Waals surface area contributed by atoms with Crippen molar-refractivity contribution in [1.29, 1.82) is 0 Å². The molecule has 0 unspecified atom stereocenters. The fraction of sp³-hybridized carbons (Fsp3) is 0.571. The molecular weight excluding hydrogens is 305 g/mol. The zero-order valence-corrected chi connectivity index (χ0v) is 12.5. The second-order valence-corrected chi connectivity index (χ2v) is 6.96. The summed E-state index contributed by atoms with van der Waals surface area (Å²) in [4.78, 5) is 0. The van der Waals surface area contributed by atoms with Gasteiger partial charge in [0.25, 0.3) is 0 Å². The molecule has 1 fully saturated rings. The summed E-state index contributed by atoms with van der Waals surface area (Å²) >= 11 is 0. The van der Waals surface area contributed by atoms with Crippen molar-refractivity contribution in [3.8, 4) is 5.75 Å². The van der Waals surface area contributed by atoms with Gasteiger partial charge in [0.15, 0.2) is 0 Å². The van der Waals surface area contributed by atoms with Crippen LogP contribution in [0.15, 0.2) is 24.3 Å². The molecule has 118 valence electrons. The van der Waals surface area contributed by atoms with E-state index in [0.29, 0.717) is 6.61 Å². The van der Waals surface area contributed by atoms with E-state index < -0.39 is 17.2 Å². The van der Waals surface area contributed by atoms with Crippen molar-refractivity contribution in [2.24, 2.45) is 0 Å². The predicted octanol–water partition coefficient (Wildman–Crippen LogP) is 3.57. The molecule has 0 spiro atoms. The van der Waals surface area contributed by atoms with Crippen LogP contribution in [0.4, 0.5) is 13.2 Å². The highest BCUT2D eigenvalue weighted by Gasteiger charge is 2.33. The van der Waals surface area contributed by atoms with E-state index in [4.69, 9.17) is 4.74 Å². The Bertz CT molecular complexity index is 501. The standard InChI is InChI=1S/C14H17F3O3S/c1-9-13(7-8-19-9)21(18)10(2)11-3-5-12(6-4-11)20-14(15,16)17/h3-6,9-10,13H,7-8H2,1-2H3/t9-,10+,13-,21+/m0/s1. The van der Waals surface area contributed by atoms with E-state index in [1.807, 2.05) is 6.92 Å². The van der Waals surface area contributed by atoms with Crippen molar-refractivity contribution in [2.75, 3.05) is 6.61 Å². The molecule has 0 amide bonds. The summed E-state index contributed by atoms with van der Waals surface area (Å²) in [6.45, 7) is 4.30. The number of benzene rings is 1. The Hall–Kier alpha value is -1.08. The Morgan fingerprint density at radius 1 is 1.33 bits per heavy atom. The zero-order chi connectivity index (χ0) is 15.6. The van der Waals surface area contributed by atoms with Crippen LogP contribution in [0.3, 0.4) is 0 Å². The summed E-state index contributed by atoms with van der Waals surface area (Å²) in [5, 5.41) is -0.301. The van der Waals surface area contributed by atoms with Crippen LogP contribution in [0.1, 0.15) is 31.1 Å². The summed E-state index contributed by atoms with van der Waals surface area (Å²) in [6.07, 6.45) is -4.01. The molecule has 21 heavy (non-hydrogen) atoms. The largest absolute Gasteiger partial charge is 0.573 e. The van der Waals surface area contributed by atoms with Crippen molar-refractivity contribution >= 4 is 10.8 Å². The average Bonchev–Trinajstić information content (AvgIpc) is 2.82. The molecule has 0 aliphatic carbocycles. The van der Waals surface area contributed by atoms with Gasteiger partial charge >= 0.3 is 6.36 Å². The first-order valence-electron chi connectivity index (χ1n) is 6.64. The van der Waals surface area contributed by atoms with Crippen molar-refractivity contribution in [1.82, 2.24) is 0 Å². The first kappa shape index (κ1) is 16.3. The molecule has 4 atom stereocenters. The molecular formula is C14H17F3O3S. The van der Waals surface area contributed by atoms with E-state index >= 15 is 0 Å². The molecule has 7 heteroatoms. The van der Waals surface area contributed by atoms with Gasteiger partial charge in [0.1, 0.15) is 5.75 Å². The molecule has 1 aliphatic rings. The SMILES string of the molecule is C[C@@H]1OCC[C@@H]1[S@](=O)[C@H](C)c1ccc(OC(F)(F)F)cc1. The molecule has 0 N–H and O–H groups in total. The van der Waals surface area contributed by atoms with E-state index in [1.165, 1.54) is 24.3 Å². The van der Waals surface area contributed by atoms with Crippen LogP contribution in [-0.2, 0) is 15.5 Å². The van der Waals surface area contributed by atoms with E-state index in [-0.39, 0.29) is 22.4 Å². The summed E-state index contributed by atoms with van der Waals surface area (Å²) in [5.74, 6) is -0.276. The molecule has 0 aromatic heterocycles. The van der Waals surface area contributed by atoms with Crippen LogP contribution < -0.4 is 4.74 Å². The average molecular weight is 322 g/mol. The van der Waals surface area contributed by atoms with Gasteiger partial charge in [0.2, 0.25) is 0 Å². The molecule has 1 heterocycles. The topological polar surface area (TPSA) is 35.5 Å². The summed E-state index contributed by atoms with van der Waals surface area (Å²) in [5.41, 5.74) is 0.724. The van der Waals surface area contributed by atoms with Gasteiger partial charge in [0, 0.05) is 17.4 Å². The van der Waals surface area contributed by atoms with Gasteiger partial charge in [-0.3, -0.25) is 4.21 Å². The normalized spacial score (nSPS) is 25.6. The number of ether oxygens (including phenoxy) is 2. The maximum Gasteiger partial charge on any atom is 0.573 e. The Morgan fingerprint density at radius 3 is 2.43 bits per heavy atom. The third kappa shape index (κ3) is 4.20.